The Morgan fingerprint density at radius 1 is 1.33 bits per heavy atom. The second kappa shape index (κ2) is 6.37. The second-order valence-electron chi connectivity index (χ2n) is 5.32. The van der Waals surface area contributed by atoms with Gasteiger partial charge in [-0.3, -0.25) is 0 Å². The molecule has 1 heterocycles. The normalized spacial score (nSPS) is 17.1. The number of ether oxygens (including phenoxy) is 1. The Labute approximate surface area is 110 Å². The Balaban J connectivity index is 2.25. The molecule has 0 aromatic heterocycles. The lowest BCUT2D eigenvalue weighted by molar-refractivity contribution is 0.0850. The summed E-state index contributed by atoms with van der Waals surface area (Å²) in [7, 11) is 4.28. The lowest BCUT2D eigenvalue weighted by atomic mass is 9.82. The van der Waals surface area contributed by atoms with Gasteiger partial charge in [0.25, 0.3) is 0 Å². The highest BCUT2D eigenvalue weighted by Gasteiger charge is 2.19. The zero-order valence-electron chi connectivity index (χ0n) is 11.4. The van der Waals surface area contributed by atoms with Crippen molar-refractivity contribution in [3.63, 3.8) is 0 Å². The molecule has 1 aliphatic rings. The van der Waals surface area contributed by atoms with Crippen molar-refractivity contribution in [3.8, 4) is 0 Å². The molecular formula is C14H22BNO2. The quantitative estimate of drug-likeness (QED) is 0.791. The van der Waals surface area contributed by atoms with Gasteiger partial charge in [-0.15, -0.1) is 0 Å². The summed E-state index contributed by atoms with van der Waals surface area (Å²) in [6.45, 7) is 2.67. The van der Waals surface area contributed by atoms with Crippen LogP contribution in [0, 0.1) is 0 Å². The monoisotopic (exact) mass is 247 g/mol. The maximum atomic E-state index is 9.26. The smallest absolute Gasteiger partial charge is 0.304 e. The van der Waals surface area contributed by atoms with Crippen molar-refractivity contribution in [1.82, 2.24) is 4.90 Å². The van der Waals surface area contributed by atoms with Crippen LogP contribution < -0.4 is 5.46 Å². The van der Waals surface area contributed by atoms with Gasteiger partial charge in [-0.05, 0) is 44.0 Å². The van der Waals surface area contributed by atoms with E-state index < -0.39 is 0 Å². The Kier molecular flexibility index (Phi) is 4.81. The van der Waals surface area contributed by atoms with Crippen molar-refractivity contribution in [2.45, 2.75) is 25.3 Å². The fraction of sp³-hybridized carbons (Fsp3) is 0.571. The largest absolute Gasteiger partial charge is 0.449 e. The van der Waals surface area contributed by atoms with Crippen LogP contribution in [0.3, 0.4) is 0 Å². The van der Waals surface area contributed by atoms with E-state index in [1.807, 2.05) is 6.07 Å². The van der Waals surface area contributed by atoms with E-state index >= 15 is 0 Å². The zero-order valence-corrected chi connectivity index (χ0v) is 11.4. The highest BCUT2D eigenvalue weighted by molar-refractivity contribution is 6.45. The van der Waals surface area contributed by atoms with E-state index in [4.69, 9.17) is 4.74 Å². The SMILES string of the molecule is CN(C)Cc1cc(BO)ccc1C1CCOCC1. The minimum absolute atomic E-state index is 0.120. The summed E-state index contributed by atoms with van der Waals surface area (Å²) >= 11 is 0. The molecule has 1 N–H and O–H groups in total. The molecule has 0 unspecified atom stereocenters. The van der Waals surface area contributed by atoms with Gasteiger partial charge >= 0.3 is 7.48 Å². The summed E-state index contributed by atoms with van der Waals surface area (Å²) in [4.78, 5) is 2.18. The van der Waals surface area contributed by atoms with E-state index in [1.165, 1.54) is 11.1 Å². The highest BCUT2D eigenvalue weighted by Crippen LogP contribution is 2.29. The molecule has 1 aromatic carbocycles. The molecule has 0 spiro atoms. The fourth-order valence-electron chi connectivity index (χ4n) is 2.64. The molecule has 0 radical (unpaired) electrons. The van der Waals surface area contributed by atoms with Crippen LogP contribution in [0.4, 0.5) is 0 Å². The van der Waals surface area contributed by atoms with Crippen molar-refractivity contribution in [1.29, 1.82) is 0 Å². The third-order valence-corrected chi connectivity index (χ3v) is 3.54. The van der Waals surface area contributed by atoms with Gasteiger partial charge in [0.15, 0.2) is 0 Å². The molecule has 1 saturated heterocycles. The molecule has 0 aliphatic carbocycles. The molecule has 1 fully saturated rings. The van der Waals surface area contributed by atoms with Gasteiger partial charge in [-0.25, -0.2) is 0 Å². The Hall–Kier alpha value is -0.835. The molecule has 2 rings (SSSR count). The predicted octanol–water partition coefficient (Wildman–Crippen LogP) is 0.611. The molecule has 0 atom stereocenters. The fourth-order valence-corrected chi connectivity index (χ4v) is 2.64. The number of hydrogen-bond donors (Lipinski definition) is 1. The third-order valence-electron chi connectivity index (χ3n) is 3.54. The Morgan fingerprint density at radius 3 is 2.67 bits per heavy atom. The molecule has 4 heteroatoms. The molecular weight excluding hydrogens is 225 g/mol. The summed E-state index contributed by atoms with van der Waals surface area (Å²) in [6, 6.07) is 6.38. The first-order chi connectivity index (χ1) is 8.70. The van der Waals surface area contributed by atoms with Gasteiger partial charge in [0.1, 0.15) is 0 Å². The first-order valence-electron chi connectivity index (χ1n) is 6.65. The minimum Gasteiger partial charge on any atom is -0.449 e. The van der Waals surface area contributed by atoms with Gasteiger partial charge in [-0.2, -0.15) is 0 Å². The van der Waals surface area contributed by atoms with Crippen molar-refractivity contribution in [2.75, 3.05) is 27.3 Å². The summed E-state index contributed by atoms with van der Waals surface area (Å²) < 4.78 is 5.44. The average molecular weight is 247 g/mol. The Bertz CT molecular complexity index is 389. The van der Waals surface area contributed by atoms with Crippen LogP contribution in [0.5, 0.6) is 0 Å². The number of rotatable bonds is 4. The van der Waals surface area contributed by atoms with Crippen LogP contribution in [0.25, 0.3) is 0 Å². The molecule has 98 valence electrons. The summed E-state index contributed by atoms with van der Waals surface area (Å²) in [5.74, 6) is 0.612. The topological polar surface area (TPSA) is 32.7 Å². The van der Waals surface area contributed by atoms with Crippen LogP contribution in [-0.2, 0) is 11.3 Å². The van der Waals surface area contributed by atoms with Crippen LogP contribution in [0.1, 0.15) is 29.9 Å². The first kappa shape index (κ1) is 13.6. The van der Waals surface area contributed by atoms with E-state index in [9.17, 15) is 5.02 Å². The lowest BCUT2D eigenvalue weighted by Gasteiger charge is -2.26. The summed E-state index contributed by atoms with van der Waals surface area (Å²) in [5, 5.41) is 9.26. The highest BCUT2D eigenvalue weighted by atomic mass is 16.5. The molecule has 0 amide bonds. The molecule has 1 aromatic rings. The Morgan fingerprint density at radius 2 is 2.06 bits per heavy atom. The second-order valence-corrected chi connectivity index (χ2v) is 5.32. The van der Waals surface area contributed by atoms with Gasteiger partial charge in [0.2, 0.25) is 0 Å². The molecule has 3 nitrogen and oxygen atoms in total. The summed E-state index contributed by atoms with van der Waals surface area (Å²) in [5.41, 5.74) is 3.78. The predicted molar refractivity (Wildman–Crippen MR) is 75.6 cm³/mol. The lowest BCUT2D eigenvalue weighted by Crippen LogP contribution is -2.22. The third kappa shape index (κ3) is 3.34. The van der Waals surface area contributed by atoms with Crippen LogP contribution in [-0.4, -0.2) is 44.7 Å². The van der Waals surface area contributed by atoms with Crippen molar-refractivity contribution in [2.24, 2.45) is 0 Å². The van der Waals surface area contributed by atoms with E-state index in [0.29, 0.717) is 5.92 Å². The van der Waals surface area contributed by atoms with Crippen molar-refractivity contribution >= 4 is 12.9 Å². The number of hydrogen-bond acceptors (Lipinski definition) is 3. The average Bonchev–Trinajstić information content (AvgIpc) is 2.39. The van der Waals surface area contributed by atoms with Crippen molar-refractivity contribution in [3.05, 3.63) is 29.3 Å². The summed E-state index contributed by atoms with van der Waals surface area (Å²) in [6.07, 6.45) is 2.22. The standard InChI is InChI=1S/C14H22BNO2/c1-16(2)10-12-9-13(15-17)3-4-14(12)11-5-7-18-8-6-11/h3-4,9,11,15,17H,5-8,10H2,1-2H3. The molecule has 0 saturated carbocycles. The van der Waals surface area contributed by atoms with Crippen LogP contribution >= 0.6 is 0 Å². The van der Waals surface area contributed by atoms with Crippen LogP contribution in [0.2, 0.25) is 0 Å². The molecule has 18 heavy (non-hydrogen) atoms. The van der Waals surface area contributed by atoms with Gasteiger partial charge < -0.3 is 14.7 Å². The van der Waals surface area contributed by atoms with Gasteiger partial charge in [0, 0.05) is 19.8 Å². The number of benzene rings is 1. The van der Waals surface area contributed by atoms with E-state index in [-0.39, 0.29) is 7.48 Å². The maximum Gasteiger partial charge on any atom is 0.304 e. The zero-order chi connectivity index (χ0) is 13.0. The first-order valence-corrected chi connectivity index (χ1v) is 6.65. The van der Waals surface area contributed by atoms with Crippen LogP contribution in [0.15, 0.2) is 18.2 Å². The maximum absolute atomic E-state index is 9.26. The number of nitrogens with zero attached hydrogens (tertiary/aromatic N) is 1. The minimum atomic E-state index is 0.120. The van der Waals surface area contributed by atoms with E-state index in [2.05, 4.69) is 31.1 Å². The van der Waals surface area contributed by atoms with Gasteiger partial charge in [0.05, 0.1) is 0 Å². The van der Waals surface area contributed by atoms with E-state index in [1.54, 1.807) is 0 Å². The van der Waals surface area contributed by atoms with Crippen molar-refractivity contribution < 1.29 is 9.76 Å². The molecule has 0 bridgehead atoms. The van der Waals surface area contributed by atoms with Gasteiger partial charge in [-0.1, -0.05) is 23.7 Å². The molecule has 1 aliphatic heterocycles. The van der Waals surface area contributed by atoms with E-state index in [0.717, 1.165) is 38.1 Å².